The summed E-state index contributed by atoms with van der Waals surface area (Å²) in [5.74, 6) is 0.447. The molecule has 1 aliphatic heterocycles. The van der Waals surface area contributed by atoms with Gasteiger partial charge in [0.15, 0.2) is 5.69 Å². The molecule has 21 heavy (non-hydrogen) atoms. The third kappa shape index (κ3) is 5.28. The number of amides is 1. The normalized spacial score (nSPS) is 15.7. The number of nitrogens with zero attached hydrogens (tertiary/aromatic N) is 2. The third-order valence-electron chi connectivity index (χ3n) is 3.28. The monoisotopic (exact) mass is 293 g/mol. The van der Waals surface area contributed by atoms with Crippen LogP contribution in [0.5, 0.6) is 0 Å². The molecule has 1 aromatic heterocycles. The van der Waals surface area contributed by atoms with Crippen molar-refractivity contribution in [1.29, 1.82) is 0 Å². The zero-order valence-electron chi connectivity index (χ0n) is 12.4. The van der Waals surface area contributed by atoms with Gasteiger partial charge in [0.1, 0.15) is 5.82 Å². The van der Waals surface area contributed by atoms with Gasteiger partial charge in [0.2, 0.25) is 0 Å². The molecule has 116 valence electrons. The van der Waals surface area contributed by atoms with Crippen molar-refractivity contribution in [3.8, 4) is 0 Å². The Hall–Kier alpha value is -1.73. The number of nitrogens with one attached hydrogen (secondary N) is 3. The molecule has 1 aliphatic rings. The average molecular weight is 293 g/mol. The summed E-state index contributed by atoms with van der Waals surface area (Å²) >= 11 is 0. The van der Waals surface area contributed by atoms with Crippen LogP contribution in [0.4, 0.5) is 5.82 Å². The van der Waals surface area contributed by atoms with E-state index in [1.165, 1.54) is 0 Å². The molecule has 0 atom stereocenters. The fourth-order valence-corrected chi connectivity index (χ4v) is 2.17. The fraction of sp³-hybridized carbons (Fsp3) is 0.643. The molecule has 1 saturated heterocycles. The second-order valence-electron chi connectivity index (χ2n) is 4.91. The number of carbonyl (C=O) groups is 1. The second-order valence-corrected chi connectivity index (χ2v) is 4.91. The maximum atomic E-state index is 11.5. The Kier molecular flexibility index (Phi) is 6.36. The van der Waals surface area contributed by atoms with Crippen LogP contribution in [0, 0.1) is 0 Å². The summed E-state index contributed by atoms with van der Waals surface area (Å²) in [4.78, 5) is 11.5. The van der Waals surface area contributed by atoms with Crippen LogP contribution in [-0.2, 0) is 4.74 Å². The first-order valence-corrected chi connectivity index (χ1v) is 7.47. The summed E-state index contributed by atoms with van der Waals surface area (Å²) in [5.41, 5.74) is 0.327. The zero-order chi connectivity index (χ0) is 14.9. The highest BCUT2D eigenvalue weighted by molar-refractivity contribution is 5.92. The molecule has 0 aliphatic carbocycles. The predicted octanol–water partition coefficient (Wildman–Crippen LogP) is 0.407. The van der Waals surface area contributed by atoms with Crippen LogP contribution in [0.3, 0.4) is 0 Å². The van der Waals surface area contributed by atoms with Crippen molar-refractivity contribution in [1.82, 2.24) is 20.8 Å². The maximum absolute atomic E-state index is 11.5. The number of ether oxygens (including phenoxy) is 1. The molecule has 0 radical (unpaired) electrons. The molecule has 2 heterocycles. The molecular weight excluding hydrogens is 270 g/mol. The minimum Gasteiger partial charge on any atom is -0.376 e. The Bertz CT molecular complexity index is 431. The highest BCUT2D eigenvalue weighted by Crippen LogP contribution is 2.07. The van der Waals surface area contributed by atoms with Gasteiger partial charge in [0.25, 0.3) is 5.91 Å². The van der Waals surface area contributed by atoms with Crippen LogP contribution in [0.2, 0.25) is 0 Å². The number of carbonyl (C=O) groups excluding carboxylic acids is 1. The summed E-state index contributed by atoms with van der Waals surface area (Å²) in [6.45, 7) is 5.83. The lowest BCUT2D eigenvalue weighted by Crippen LogP contribution is -2.33. The predicted molar refractivity (Wildman–Crippen MR) is 80.4 cm³/mol. The number of hydrogen-bond donors (Lipinski definition) is 3. The van der Waals surface area contributed by atoms with Gasteiger partial charge >= 0.3 is 0 Å². The number of rotatable bonds is 7. The van der Waals surface area contributed by atoms with Gasteiger partial charge in [-0.05, 0) is 45.0 Å². The second kappa shape index (κ2) is 8.53. The Labute approximate surface area is 124 Å². The Balaban J connectivity index is 1.67. The number of aromatic nitrogens is 2. The minimum atomic E-state index is -0.203. The van der Waals surface area contributed by atoms with Gasteiger partial charge in [-0.3, -0.25) is 4.79 Å². The van der Waals surface area contributed by atoms with Crippen LogP contribution >= 0.6 is 0 Å². The fourth-order valence-electron chi connectivity index (χ4n) is 2.17. The van der Waals surface area contributed by atoms with Gasteiger partial charge in [0.05, 0.1) is 12.7 Å². The summed E-state index contributed by atoms with van der Waals surface area (Å²) < 4.78 is 5.78. The smallest absolute Gasteiger partial charge is 0.271 e. The standard InChI is InChI=1S/C14H23N5O2/c1-2-16-14(20)12-3-4-13(19-18-12)17-9-10-21-11-5-7-15-8-6-11/h3-4,11,15H,2,5-10H2,1H3,(H,16,20)(H,17,19). The first kappa shape index (κ1) is 15.7. The number of piperidine rings is 1. The van der Waals surface area contributed by atoms with Crippen molar-refractivity contribution in [2.45, 2.75) is 25.9 Å². The van der Waals surface area contributed by atoms with Gasteiger partial charge in [-0.1, -0.05) is 0 Å². The quantitative estimate of drug-likeness (QED) is 0.631. The lowest BCUT2D eigenvalue weighted by Gasteiger charge is -2.22. The topological polar surface area (TPSA) is 88.2 Å². The molecule has 0 unspecified atom stereocenters. The summed E-state index contributed by atoms with van der Waals surface area (Å²) in [6.07, 6.45) is 2.50. The van der Waals surface area contributed by atoms with Crippen molar-refractivity contribution < 1.29 is 9.53 Å². The Morgan fingerprint density at radius 2 is 2.19 bits per heavy atom. The van der Waals surface area contributed by atoms with Crippen molar-refractivity contribution in [3.63, 3.8) is 0 Å². The van der Waals surface area contributed by atoms with Crippen LogP contribution in [0.25, 0.3) is 0 Å². The SMILES string of the molecule is CCNC(=O)c1ccc(NCCOC2CCNCC2)nn1. The van der Waals surface area contributed by atoms with Crippen molar-refractivity contribution in [2.75, 3.05) is 38.1 Å². The van der Waals surface area contributed by atoms with Gasteiger partial charge in [-0.2, -0.15) is 0 Å². The van der Waals surface area contributed by atoms with E-state index in [1.807, 2.05) is 6.92 Å². The first-order valence-electron chi connectivity index (χ1n) is 7.47. The van der Waals surface area contributed by atoms with Crippen LogP contribution in [0.15, 0.2) is 12.1 Å². The highest BCUT2D eigenvalue weighted by atomic mass is 16.5. The van der Waals surface area contributed by atoms with E-state index in [-0.39, 0.29) is 5.91 Å². The van der Waals surface area contributed by atoms with E-state index in [0.717, 1.165) is 25.9 Å². The van der Waals surface area contributed by atoms with Crippen molar-refractivity contribution >= 4 is 11.7 Å². The van der Waals surface area contributed by atoms with E-state index in [1.54, 1.807) is 12.1 Å². The van der Waals surface area contributed by atoms with E-state index in [9.17, 15) is 4.79 Å². The van der Waals surface area contributed by atoms with Gasteiger partial charge in [-0.15, -0.1) is 10.2 Å². The summed E-state index contributed by atoms with van der Waals surface area (Å²) in [7, 11) is 0. The van der Waals surface area contributed by atoms with Gasteiger partial charge in [0, 0.05) is 13.1 Å². The maximum Gasteiger partial charge on any atom is 0.271 e. The summed E-state index contributed by atoms with van der Waals surface area (Å²) in [5, 5.41) is 17.0. The van der Waals surface area contributed by atoms with E-state index < -0.39 is 0 Å². The highest BCUT2D eigenvalue weighted by Gasteiger charge is 2.12. The lowest BCUT2D eigenvalue weighted by molar-refractivity contribution is 0.0394. The van der Waals surface area contributed by atoms with Crippen molar-refractivity contribution in [3.05, 3.63) is 17.8 Å². The molecular formula is C14H23N5O2. The molecule has 7 nitrogen and oxygen atoms in total. The zero-order valence-corrected chi connectivity index (χ0v) is 12.4. The molecule has 0 saturated carbocycles. The van der Waals surface area contributed by atoms with E-state index >= 15 is 0 Å². The molecule has 1 fully saturated rings. The van der Waals surface area contributed by atoms with Crippen LogP contribution < -0.4 is 16.0 Å². The third-order valence-corrected chi connectivity index (χ3v) is 3.28. The number of hydrogen-bond acceptors (Lipinski definition) is 6. The molecule has 0 aromatic carbocycles. The van der Waals surface area contributed by atoms with Crippen LogP contribution in [0.1, 0.15) is 30.3 Å². The molecule has 1 amide bonds. The Morgan fingerprint density at radius 3 is 2.86 bits per heavy atom. The molecule has 3 N–H and O–H groups in total. The van der Waals surface area contributed by atoms with E-state index in [0.29, 0.717) is 37.3 Å². The average Bonchev–Trinajstić information content (AvgIpc) is 2.53. The summed E-state index contributed by atoms with van der Waals surface area (Å²) in [6, 6.07) is 3.41. The van der Waals surface area contributed by atoms with E-state index in [4.69, 9.17) is 4.74 Å². The molecule has 1 aromatic rings. The molecule has 0 spiro atoms. The van der Waals surface area contributed by atoms with Gasteiger partial charge in [-0.25, -0.2) is 0 Å². The minimum absolute atomic E-state index is 0.203. The number of anilines is 1. The molecule has 0 bridgehead atoms. The lowest BCUT2D eigenvalue weighted by atomic mass is 10.1. The molecule has 2 rings (SSSR count). The largest absolute Gasteiger partial charge is 0.376 e. The van der Waals surface area contributed by atoms with E-state index in [2.05, 4.69) is 26.1 Å². The molecule has 7 heteroatoms. The first-order chi connectivity index (χ1) is 10.3. The van der Waals surface area contributed by atoms with Crippen LogP contribution in [-0.4, -0.2) is 55.0 Å². The van der Waals surface area contributed by atoms with Crippen molar-refractivity contribution in [2.24, 2.45) is 0 Å². The van der Waals surface area contributed by atoms with Gasteiger partial charge < -0.3 is 20.7 Å². The Morgan fingerprint density at radius 1 is 1.38 bits per heavy atom.